The van der Waals surface area contributed by atoms with Crippen molar-refractivity contribution >= 4 is 55.9 Å². The van der Waals surface area contributed by atoms with Crippen LogP contribution in [-0.2, 0) is 0 Å². The molecule has 0 saturated heterocycles. The Morgan fingerprint density at radius 3 is 1.20 bits per heavy atom. The predicted molar refractivity (Wildman–Crippen MR) is 33.3 cm³/mol. The second kappa shape index (κ2) is 17.4. The van der Waals surface area contributed by atoms with Gasteiger partial charge in [0.2, 0.25) is 0 Å². The van der Waals surface area contributed by atoms with E-state index in [1.54, 1.807) is 0 Å². The van der Waals surface area contributed by atoms with Gasteiger partial charge in [0.15, 0.2) is 0 Å². The molecule has 0 saturated carbocycles. The third-order valence-corrected chi connectivity index (χ3v) is 0. The van der Waals surface area contributed by atoms with E-state index in [1.165, 1.54) is 0 Å². The van der Waals surface area contributed by atoms with Gasteiger partial charge >= 0.3 is 25.6 Å². The third kappa shape index (κ3) is 27.9. The molecule has 0 amide bonds. The van der Waals surface area contributed by atoms with Gasteiger partial charge in [-0.25, -0.2) is 0 Å². The normalized spacial score (nSPS) is 4.80. The fourth-order valence-electron chi connectivity index (χ4n) is 0. The van der Waals surface area contributed by atoms with Gasteiger partial charge in [-0.1, -0.05) is 0 Å². The Bertz CT molecular complexity index is 6.85. The molecule has 2 radical (unpaired) electrons. The van der Waals surface area contributed by atoms with E-state index in [4.69, 9.17) is 32.2 Å². The second-order valence-electron chi connectivity index (χ2n) is 0.0825. The molecule has 0 spiro atoms. The summed E-state index contributed by atoms with van der Waals surface area (Å²) in [5, 5.41) is 0. The summed E-state index contributed by atoms with van der Waals surface area (Å²) in [5.41, 5.74) is 0. The van der Waals surface area contributed by atoms with Crippen LogP contribution in [0, 0.1) is 0 Å². The Balaban J connectivity index is 0. The van der Waals surface area contributed by atoms with Crippen LogP contribution in [0.2, 0.25) is 0 Å². The van der Waals surface area contributed by atoms with E-state index in [0.29, 0.717) is 0 Å². The van der Waals surface area contributed by atoms with Crippen LogP contribution in [0.5, 0.6) is 0 Å². The topological polar surface area (TPSA) is 0 Å². The quantitative estimate of drug-likeness (QED) is 0.403. The van der Waals surface area contributed by atoms with Crippen LogP contribution in [0.3, 0.4) is 0 Å². The van der Waals surface area contributed by atoms with Gasteiger partial charge in [-0.05, 0) is 0 Å². The fourth-order valence-corrected chi connectivity index (χ4v) is 0. The van der Waals surface area contributed by atoms with Crippen LogP contribution in [0.15, 0.2) is 0 Å². The average molecular weight is 210 g/mol. The molecule has 0 aromatic carbocycles. The number of rotatable bonds is 0. The molecule has 0 unspecified atom stereocenters. The zero-order chi connectivity index (χ0) is 4.71. The van der Waals surface area contributed by atoms with E-state index in [-0.39, 0.29) is 8.14 Å². The Labute approximate surface area is 55.8 Å². The van der Waals surface area contributed by atoms with Crippen LogP contribution >= 0.6 is 32.2 Å². The van der Waals surface area contributed by atoms with Crippen LogP contribution in [0.25, 0.3) is 0 Å². The summed E-state index contributed by atoms with van der Waals surface area (Å²) in [6.45, 7) is 0. The van der Waals surface area contributed by atoms with Crippen molar-refractivity contribution in [3.8, 4) is 0 Å². The zero-order valence-electron chi connectivity index (χ0n) is 2.42. The van der Waals surface area contributed by atoms with Gasteiger partial charge in [0.1, 0.15) is 0 Å². The first kappa shape index (κ1) is 9.80. The first-order valence-electron chi connectivity index (χ1n) is 0.704. The maximum absolute atomic E-state index is 4.85. The first-order valence-corrected chi connectivity index (χ1v) is 8.09. The summed E-state index contributed by atoms with van der Waals surface area (Å²) in [7, 11) is 4.46. The van der Waals surface area contributed by atoms with Gasteiger partial charge < -0.3 is 0 Å². The van der Waals surface area contributed by atoms with Gasteiger partial charge in [-0.2, -0.15) is 22.2 Å². The van der Waals surface area contributed by atoms with Gasteiger partial charge in [0, 0.05) is 0 Å². The zero-order valence-corrected chi connectivity index (χ0v) is 8.81. The molecule has 5 heavy (non-hydrogen) atoms. The summed E-state index contributed by atoms with van der Waals surface area (Å²) in [6.07, 6.45) is 0. The van der Waals surface area contributed by atoms with Crippen LogP contribution in [-0.4, -0.2) is 23.7 Å². The first-order chi connectivity index (χ1) is 2.41. The number of hydrogen-bond acceptors (Lipinski definition) is 0. The minimum absolute atomic E-state index is 0.306. The third-order valence-electron chi connectivity index (χ3n) is 0. The molecular formula is H3Cl3GeSi. The van der Waals surface area contributed by atoms with Crippen molar-refractivity contribution in [2.75, 3.05) is 0 Å². The summed E-state index contributed by atoms with van der Waals surface area (Å²) >= 11 is 10.5. The molecule has 32 valence electrons. The van der Waals surface area contributed by atoms with Crippen LogP contribution < -0.4 is 0 Å². The molecule has 0 fully saturated rings. The Morgan fingerprint density at radius 1 is 1.20 bits per heavy atom. The summed E-state index contributed by atoms with van der Waals surface area (Å²) in [4.78, 5) is 0. The Morgan fingerprint density at radius 2 is 1.20 bits per heavy atom. The molecule has 0 aliphatic rings. The van der Waals surface area contributed by atoms with Gasteiger partial charge in [-0.15, -0.1) is 0 Å². The standard InChI is InChI=1S/Cl2HSi.ClGeH2/c1-3-2;1-2/h3H;2H2. The van der Waals surface area contributed by atoms with Crippen molar-refractivity contribution in [3.05, 3.63) is 0 Å². The summed E-state index contributed by atoms with van der Waals surface area (Å²) in [5.74, 6) is 0. The van der Waals surface area contributed by atoms with Crippen molar-refractivity contribution in [2.24, 2.45) is 0 Å². The van der Waals surface area contributed by atoms with Crippen molar-refractivity contribution in [1.82, 2.24) is 0 Å². The van der Waals surface area contributed by atoms with Crippen LogP contribution in [0.4, 0.5) is 0 Å². The molecule has 0 aromatic rings. The molecule has 0 heterocycles. The van der Waals surface area contributed by atoms with Gasteiger partial charge in [-0.3, -0.25) is 0 Å². The Hall–Kier alpha value is 1.63. The van der Waals surface area contributed by atoms with Crippen LogP contribution in [0.1, 0.15) is 0 Å². The average Bonchev–Trinajstić information content (AvgIpc) is 1.46. The van der Waals surface area contributed by atoms with Gasteiger partial charge in [0.25, 0.3) is 8.14 Å². The van der Waals surface area contributed by atoms with Crippen molar-refractivity contribution in [2.45, 2.75) is 0 Å². The minimum atomic E-state index is -0.306. The second-order valence-corrected chi connectivity index (χ2v) is 2.23. The fraction of sp³-hybridized carbons (Fsp3) is 0. The van der Waals surface area contributed by atoms with Gasteiger partial charge in [0.05, 0.1) is 0 Å². The molecule has 0 aliphatic carbocycles. The molecule has 0 aromatic heterocycles. The molecule has 0 aliphatic heterocycles. The van der Waals surface area contributed by atoms with E-state index >= 15 is 0 Å². The van der Waals surface area contributed by atoms with E-state index in [0.717, 1.165) is 15.6 Å². The summed E-state index contributed by atoms with van der Waals surface area (Å²) in [6, 6.07) is 0. The molecule has 0 rings (SSSR count). The molecule has 0 N–H and O–H groups in total. The van der Waals surface area contributed by atoms with E-state index in [9.17, 15) is 0 Å². The van der Waals surface area contributed by atoms with Crippen molar-refractivity contribution in [1.29, 1.82) is 0 Å². The van der Waals surface area contributed by atoms with Crippen molar-refractivity contribution in [3.63, 3.8) is 0 Å². The Kier molecular flexibility index (Phi) is 34.2. The van der Waals surface area contributed by atoms with Crippen molar-refractivity contribution < 1.29 is 0 Å². The van der Waals surface area contributed by atoms with E-state index < -0.39 is 0 Å². The number of hydrogen-bond donors (Lipinski definition) is 0. The predicted octanol–water partition coefficient (Wildman–Crippen LogP) is 0.504. The SMILES string of the molecule is Cl[SiH]Cl.[Cl][GeH2]. The number of halogens is 3. The molecule has 0 nitrogen and oxygen atoms in total. The maximum atomic E-state index is 4.85. The van der Waals surface area contributed by atoms with E-state index in [1.807, 2.05) is 0 Å². The monoisotopic (exact) mass is 210 g/mol. The molecule has 0 atom stereocenters. The molecular weight excluding hydrogens is 207 g/mol. The molecule has 0 bridgehead atoms. The van der Waals surface area contributed by atoms with E-state index in [2.05, 4.69) is 0 Å². The molecule has 5 heteroatoms. The summed E-state index contributed by atoms with van der Waals surface area (Å²) < 4.78 is 0.